The summed E-state index contributed by atoms with van der Waals surface area (Å²) in [5, 5.41) is 3.22. The SMILES string of the molecule is C[C@@H](OC[C@@H]1NC[C@@]2(CCC(=O)N2C(=O)OCOP(=O)(O)O)CC1c1ccccc1)c1cc(C(F)(F)F)cc(C(F)(F)F)c1. The van der Waals surface area contributed by atoms with Gasteiger partial charge in [0.05, 0.1) is 29.4 Å². The molecule has 2 saturated heterocycles. The maximum atomic E-state index is 13.4. The second-order valence-electron chi connectivity index (χ2n) is 10.6. The molecule has 10 nitrogen and oxygen atoms in total. The number of phosphoric ester groups is 1. The molecule has 17 heteroatoms. The Kier molecular flexibility index (Phi) is 9.83. The molecule has 2 aliphatic heterocycles. The van der Waals surface area contributed by atoms with Gasteiger partial charge in [-0.3, -0.25) is 4.79 Å². The van der Waals surface area contributed by atoms with Crippen LogP contribution in [0.1, 0.15) is 60.5 Å². The highest BCUT2D eigenvalue weighted by Crippen LogP contribution is 2.44. The number of rotatable bonds is 8. The van der Waals surface area contributed by atoms with Gasteiger partial charge in [0.2, 0.25) is 12.7 Å². The molecule has 4 atom stereocenters. The third kappa shape index (κ3) is 7.98. The van der Waals surface area contributed by atoms with Crippen LogP contribution in [0.4, 0.5) is 31.1 Å². The Bertz CT molecular complexity index is 1370. The van der Waals surface area contributed by atoms with E-state index < -0.39 is 73.7 Å². The van der Waals surface area contributed by atoms with Crippen molar-refractivity contribution < 1.29 is 64.3 Å². The van der Waals surface area contributed by atoms with Crippen molar-refractivity contribution in [3.05, 3.63) is 70.8 Å². The monoisotopic (exact) mass is 654 g/mol. The van der Waals surface area contributed by atoms with Gasteiger partial charge in [0, 0.05) is 24.9 Å². The van der Waals surface area contributed by atoms with Crippen LogP contribution in [0.2, 0.25) is 0 Å². The average molecular weight is 654 g/mol. The van der Waals surface area contributed by atoms with Gasteiger partial charge in [0.25, 0.3) is 0 Å². The minimum Gasteiger partial charge on any atom is -0.421 e. The zero-order chi connectivity index (χ0) is 32.5. The summed E-state index contributed by atoms with van der Waals surface area (Å²) < 4.78 is 106. The van der Waals surface area contributed by atoms with Crippen molar-refractivity contribution in [3.8, 4) is 0 Å². The summed E-state index contributed by atoms with van der Waals surface area (Å²) >= 11 is 0. The van der Waals surface area contributed by atoms with Gasteiger partial charge in [-0.2, -0.15) is 26.3 Å². The zero-order valence-electron chi connectivity index (χ0n) is 23.1. The van der Waals surface area contributed by atoms with Crippen molar-refractivity contribution in [2.24, 2.45) is 0 Å². The predicted octanol–water partition coefficient (Wildman–Crippen LogP) is 5.51. The van der Waals surface area contributed by atoms with E-state index in [1.54, 1.807) is 30.3 Å². The number of piperidine rings is 1. The van der Waals surface area contributed by atoms with Crippen LogP contribution in [-0.2, 0) is 35.7 Å². The van der Waals surface area contributed by atoms with E-state index in [2.05, 4.69) is 9.84 Å². The number of nitrogens with zero attached hydrogens (tertiary/aromatic N) is 1. The summed E-state index contributed by atoms with van der Waals surface area (Å²) in [7, 11) is -4.95. The fourth-order valence-corrected chi connectivity index (χ4v) is 5.75. The smallest absolute Gasteiger partial charge is 0.421 e. The molecule has 2 amide bonds. The third-order valence-electron chi connectivity index (χ3n) is 7.73. The molecule has 0 aliphatic carbocycles. The number of likely N-dealkylation sites (tertiary alicyclic amines) is 1. The van der Waals surface area contributed by atoms with Gasteiger partial charge in [0.1, 0.15) is 0 Å². The number of hydrogen-bond acceptors (Lipinski definition) is 7. The molecule has 242 valence electrons. The maximum Gasteiger partial charge on any atom is 0.472 e. The van der Waals surface area contributed by atoms with E-state index in [1.807, 2.05) is 0 Å². The van der Waals surface area contributed by atoms with Crippen LogP contribution in [0.5, 0.6) is 0 Å². The van der Waals surface area contributed by atoms with Gasteiger partial charge < -0.3 is 24.6 Å². The summed E-state index contributed by atoms with van der Waals surface area (Å²) in [4.78, 5) is 44.2. The van der Waals surface area contributed by atoms with E-state index in [-0.39, 0.29) is 44.0 Å². The third-order valence-corrected chi connectivity index (χ3v) is 8.17. The van der Waals surface area contributed by atoms with Gasteiger partial charge >= 0.3 is 26.3 Å². The lowest BCUT2D eigenvalue weighted by Crippen LogP contribution is -2.62. The summed E-state index contributed by atoms with van der Waals surface area (Å²) in [6, 6.07) is 9.58. The number of imide groups is 1. The number of halogens is 6. The summed E-state index contributed by atoms with van der Waals surface area (Å²) in [5.74, 6) is -1.02. The topological polar surface area (TPSA) is 135 Å². The molecular formula is C27H29F6N2O8P. The molecule has 3 N–H and O–H groups in total. The Labute approximate surface area is 247 Å². The Balaban J connectivity index is 1.55. The van der Waals surface area contributed by atoms with Crippen molar-refractivity contribution in [1.29, 1.82) is 0 Å². The number of benzene rings is 2. The van der Waals surface area contributed by atoms with Crippen LogP contribution in [0.25, 0.3) is 0 Å². The van der Waals surface area contributed by atoms with Gasteiger partial charge in [0.15, 0.2) is 0 Å². The van der Waals surface area contributed by atoms with Crippen LogP contribution in [-0.4, -0.2) is 58.2 Å². The Morgan fingerprint density at radius 3 is 2.27 bits per heavy atom. The molecular weight excluding hydrogens is 625 g/mol. The molecule has 2 fully saturated rings. The van der Waals surface area contributed by atoms with E-state index in [0.717, 1.165) is 10.5 Å². The first kappa shape index (κ1) is 33.9. The standard InChI is InChI=1S/C27H29F6N2O8P/c1-16(18-9-19(26(28,29)30)11-20(10-18)27(31,32)33)41-13-22-21(17-5-3-2-4-6-17)12-25(14-34-22)8-7-23(36)35(25)24(37)42-15-43-44(38,39)40/h2-6,9-11,16,21-22,34H,7-8,12-15H2,1H3,(H2,38,39,40)/t16-,21?,22+,25-/m1/s1. The first-order valence-corrected chi connectivity index (χ1v) is 14.8. The molecule has 44 heavy (non-hydrogen) atoms. The number of amides is 2. The number of carbonyl (C=O) groups is 2. The largest absolute Gasteiger partial charge is 0.472 e. The lowest BCUT2D eigenvalue weighted by atomic mass is 9.75. The van der Waals surface area contributed by atoms with Gasteiger partial charge in [-0.25, -0.2) is 18.8 Å². The highest BCUT2D eigenvalue weighted by molar-refractivity contribution is 7.46. The lowest BCUT2D eigenvalue weighted by Gasteiger charge is -2.46. The molecule has 2 aromatic carbocycles. The molecule has 2 aliphatic rings. The highest BCUT2D eigenvalue weighted by atomic mass is 31.2. The first-order valence-electron chi connectivity index (χ1n) is 13.3. The molecule has 1 spiro atoms. The molecule has 0 saturated carbocycles. The Morgan fingerprint density at radius 1 is 1.09 bits per heavy atom. The normalized spacial score (nSPS) is 23.7. The van der Waals surface area contributed by atoms with Crippen LogP contribution < -0.4 is 5.32 Å². The van der Waals surface area contributed by atoms with Crippen LogP contribution in [0.3, 0.4) is 0 Å². The summed E-state index contributed by atoms with van der Waals surface area (Å²) in [5.41, 5.74) is -3.58. The van der Waals surface area contributed by atoms with Gasteiger partial charge in [-0.05, 0) is 49.1 Å². The van der Waals surface area contributed by atoms with Crippen molar-refractivity contribution in [2.75, 3.05) is 19.9 Å². The van der Waals surface area contributed by atoms with E-state index >= 15 is 0 Å². The van der Waals surface area contributed by atoms with Crippen LogP contribution >= 0.6 is 7.82 Å². The van der Waals surface area contributed by atoms with Crippen molar-refractivity contribution >= 4 is 19.8 Å². The summed E-state index contributed by atoms with van der Waals surface area (Å²) in [6.45, 7) is 0.132. The second kappa shape index (κ2) is 12.8. The molecule has 0 radical (unpaired) electrons. The van der Waals surface area contributed by atoms with Gasteiger partial charge in [-0.15, -0.1) is 0 Å². The summed E-state index contributed by atoms with van der Waals surface area (Å²) in [6.07, 6.45) is -12.0. The van der Waals surface area contributed by atoms with E-state index in [4.69, 9.17) is 19.3 Å². The van der Waals surface area contributed by atoms with E-state index in [0.29, 0.717) is 12.1 Å². The number of carbonyl (C=O) groups excluding carboxylic acids is 2. The molecule has 4 rings (SSSR count). The average Bonchev–Trinajstić information content (AvgIpc) is 3.25. The predicted molar refractivity (Wildman–Crippen MR) is 140 cm³/mol. The molecule has 0 aromatic heterocycles. The molecule has 2 aromatic rings. The van der Waals surface area contributed by atoms with Crippen LogP contribution in [0.15, 0.2) is 48.5 Å². The van der Waals surface area contributed by atoms with Crippen LogP contribution in [0, 0.1) is 0 Å². The molecule has 2 heterocycles. The number of ether oxygens (including phenoxy) is 2. The Morgan fingerprint density at radius 2 is 1.70 bits per heavy atom. The first-order chi connectivity index (χ1) is 20.4. The number of alkyl halides is 6. The van der Waals surface area contributed by atoms with Gasteiger partial charge in [-0.1, -0.05) is 30.3 Å². The fraction of sp³-hybridized carbons (Fsp3) is 0.481. The number of hydrogen-bond donors (Lipinski definition) is 3. The quantitative estimate of drug-likeness (QED) is 0.191. The minimum atomic E-state index is -5.01. The van der Waals surface area contributed by atoms with E-state index in [9.17, 15) is 40.5 Å². The number of nitrogens with one attached hydrogen (secondary N) is 1. The Hall–Kier alpha value is -3.01. The van der Waals surface area contributed by atoms with Crippen molar-refractivity contribution in [1.82, 2.24) is 10.2 Å². The fourth-order valence-electron chi connectivity index (χ4n) is 5.56. The zero-order valence-corrected chi connectivity index (χ0v) is 24.0. The lowest BCUT2D eigenvalue weighted by molar-refractivity contribution is -0.143. The van der Waals surface area contributed by atoms with Crippen molar-refractivity contribution in [2.45, 2.75) is 62.1 Å². The maximum absolute atomic E-state index is 13.4. The van der Waals surface area contributed by atoms with E-state index in [1.165, 1.54) is 6.92 Å². The second-order valence-corrected chi connectivity index (χ2v) is 11.9. The highest BCUT2D eigenvalue weighted by Gasteiger charge is 2.54. The molecule has 1 unspecified atom stereocenters. The number of phosphoric acid groups is 1. The molecule has 0 bridgehead atoms. The minimum absolute atomic E-state index is 0.0209. The van der Waals surface area contributed by atoms with Crippen molar-refractivity contribution in [3.63, 3.8) is 0 Å².